The Morgan fingerprint density at radius 1 is 1.50 bits per heavy atom. The molecule has 3 heteroatoms. The lowest BCUT2D eigenvalue weighted by Crippen LogP contribution is -1.84. The quantitative estimate of drug-likeness (QED) is 0.569. The van der Waals surface area contributed by atoms with Crippen molar-refractivity contribution < 1.29 is 9.50 Å². The average Bonchev–Trinajstić information content (AvgIpc) is 1.88. The summed E-state index contributed by atoms with van der Waals surface area (Å²) in [5, 5.41) is 15.4. The molecule has 2 nitrogen and oxygen atoms in total. The second kappa shape index (κ2) is 2.47. The highest BCUT2D eigenvalue weighted by Gasteiger charge is 1.97. The molecule has 0 bridgehead atoms. The van der Waals surface area contributed by atoms with Crippen molar-refractivity contribution in [2.24, 2.45) is 0 Å². The molecule has 0 aliphatic rings. The van der Waals surface area contributed by atoms with Gasteiger partial charge in [-0.25, -0.2) is 4.39 Å². The van der Waals surface area contributed by atoms with Gasteiger partial charge in [0, 0.05) is 17.8 Å². The normalized spacial score (nSPS) is 9.30. The summed E-state index contributed by atoms with van der Waals surface area (Å²) in [6.07, 6.45) is 0.898. The summed E-state index contributed by atoms with van der Waals surface area (Å²) in [6, 6.07) is 3.65. The first-order chi connectivity index (χ1) is 4.74. The lowest BCUT2D eigenvalue weighted by Gasteiger charge is -1.94. The van der Waals surface area contributed by atoms with Crippen LogP contribution in [0.2, 0.25) is 0 Å². The molecule has 1 aromatic rings. The molecule has 0 saturated carbocycles. The number of phenolic OH excluding ortho intramolecular Hbond substituents is 1. The Labute approximate surface area is 57.4 Å². The summed E-state index contributed by atoms with van der Waals surface area (Å²) in [5.41, 5.74) is 0.179. The van der Waals surface area contributed by atoms with Gasteiger partial charge in [-0.3, -0.25) is 0 Å². The lowest BCUT2D eigenvalue weighted by molar-refractivity contribution is 0.469. The predicted octanol–water partition coefficient (Wildman–Crippen LogP) is 1.53. The average molecular weight is 139 g/mol. The van der Waals surface area contributed by atoms with Crippen molar-refractivity contribution >= 4 is 6.21 Å². The highest BCUT2D eigenvalue weighted by atomic mass is 19.1. The smallest absolute Gasteiger partial charge is 0.135 e. The fraction of sp³-hybridized carbons (Fsp3) is 0. The number of halogens is 1. The number of hydrogen-bond donors (Lipinski definition) is 2. The summed E-state index contributed by atoms with van der Waals surface area (Å²) >= 11 is 0. The van der Waals surface area contributed by atoms with Gasteiger partial charge < -0.3 is 10.5 Å². The zero-order valence-electron chi connectivity index (χ0n) is 5.13. The number of hydrogen-bond acceptors (Lipinski definition) is 2. The summed E-state index contributed by atoms with van der Waals surface area (Å²) in [7, 11) is 0. The van der Waals surface area contributed by atoms with Gasteiger partial charge in [0.2, 0.25) is 0 Å². The molecule has 0 spiro atoms. The van der Waals surface area contributed by atoms with E-state index < -0.39 is 5.82 Å². The van der Waals surface area contributed by atoms with Crippen LogP contribution in [0.3, 0.4) is 0 Å². The Hall–Kier alpha value is -1.38. The van der Waals surface area contributed by atoms with Crippen molar-refractivity contribution in [1.82, 2.24) is 0 Å². The third-order valence-corrected chi connectivity index (χ3v) is 1.14. The second-order valence-electron chi connectivity index (χ2n) is 1.85. The minimum atomic E-state index is -0.574. The zero-order valence-corrected chi connectivity index (χ0v) is 5.13. The standard InChI is InChI=1S/C7H6FNO/c8-7-3-6(10)2-1-5(7)4-9/h1-4,9-10H. The third-order valence-electron chi connectivity index (χ3n) is 1.14. The summed E-state index contributed by atoms with van der Waals surface area (Å²) in [4.78, 5) is 0. The van der Waals surface area contributed by atoms with Gasteiger partial charge in [-0.2, -0.15) is 0 Å². The highest BCUT2D eigenvalue weighted by molar-refractivity contribution is 5.77. The topological polar surface area (TPSA) is 44.1 Å². The molecule has 0 radical (unpaired) electrons. The number of rotatable bonds is 1. The number of phenols is 1. The SMILES string of the molecule is N=Cc1ccc(O)cc1F. The van der Waals surface area contributed by atoms with Crippen LogP contribution in [0.15, 0.2) is 18.2 Å². The van der Waals surface area contributed by atoms with Gasteiger partial charge in [0.25, 0.3) is 0 Å². The van der Waals surface area contributed by atoms with Crippen LogP contribution in [-0.2, 0) is 0 Å². The van der Waals surface area contributed by atoms with E-state index in [4.69, 9.17) is 10.5 Å². The van der Waals surface area contributed by atoms with Gasteiger partial charge in [0.05, 0.1) is 0 Å². The molecule has 0 atom stereocenters. The van der Waals surface area contributed by atoms with E-state index >= 15 is 0 Å². The molecule has 0 aliphatic carbocycles. The fourth-order valence-corrected chi connectivity index (χ4v) is 0.633. The van der Waals surface area contributed by atoms with Gasteiger partial charge in [0.15, 0.2) is 0 Å². The summed E-state index contributed by atoms with van der Waals surface area (Å²) < 4.78 is 12.5. The van der Waals surface area contributed by atoms with E-state index in [1.165, 1.54) is 12.1 Å². The molecule has 10 heavy (non-hydrogen) atoms. The van der Waals surface area contributed by atoms with Gasteiger partial charge in [0.1, 0.15) is 11.6 Å². The molecule has 0 unspecified atom stereocenters. The number of nitrogens with one attached hydrogen (secondary N) is 1. The van der Waals surface area contributed by atoms with Crippen LogP contribution in [0, 0.1) is 11.2 Å². The second-order valence-corrected chi connectivity index (χ2v) is 1.85. The van der Waals surface area contributed by atoms with Crippen molar-refractivity contribution in [2.45, 2.75) is 0 Å². The molecular weight excluding hydrogens is 133 g/mol. The van der Waals surface area contributed by atoms with Crippen LogP contribution >= 0.6 is 0 Å². The van der Waals surface area contributed by atoms with E-state index in [1.54, 1.807) is 0 Å². The van der Waals surface area contributed by atoms with Crippen LogP contribution in [0.5, 0.6) is 5.75 Å². The maximum absolute atomic E-state index is 12.5. The summed E-state index contributed by atoms with van der Waals surface area (Å²) in [6.45, 7) is 0. The lowest BCUT2D eigenvalue weighted by atomic mass is 10.2. The molecule has 0 aliphatic heterocycles. The van der Waals surface area contributed by atoms with Crippen molar-refractivity contribution in [3.05, 3.63) is 29.6 Å². The molecule has 0 heterocycles. The Kier molecular flexibility index (Phi) is 1.67. The van der Waals surface area contributed by atoms with Crippen LogP contribution in [0.4, 0.5) is 4.39 Å². The van der Waals surface area contributed by atoms with Crippen LogP contribution < -0.4 is 0 Å². The van der Waals surface area contributed by atoms with E-state index in [-0.39, 0.29) is 11.3 Å². The first-order valence-electron chi connectivity index (χ1n) is 2.73. The molecule has 0 fully saturated rings. The van der Waals surface area contributed by atoms with Gasteiger partial charge in [-0.05, 0) is 12.1 Å². The van der Waals surface area contributed by atoms with Crippen LogP contribution in [0.25, 0.3) is 0 Å². The minimum absolute atomic E-state index is 0.122. The molecule has 0 aromatic heterocycles. The number of aromatic hydroxyl groups is 1. The molecule has 1 rings (SSSR count). The van der Waals surface area contributed by atoms with Crippen molar-refractivity contribution in [2.75, 3.05) is 0 Å². The molecule has 2 N–H and O–H groups in total. The van der Waals surface area contributed by atoms with Gasteiger partial charge in [-0.15, -0.1) is 0 Å². The Balaban J connectivity index is 3.19. The Morgan fingerprint density at radius 2 is 2.20 bits per heavy atom. The van der Waals surface area contributed by atoms with E-state index in [0.29, 0.717) is 0 Å². The minimum Gasteiger partial charge on any atom is -0.508 e. The summed E-state index contributed by atoms with van der Waals surface area (Å²) in [5.74, 6) is -0.696. The number of benzene rings is 1. The zero-order chi connectivity index (χ0) is 7.56. The van der Waals surface area contributed by atoms with E-state index in [2.05, 4.69) is 0 Å². The van der Waals surface area contributed by atoms with E-state index in [0.717, 1.165) is 12.3 Å². The van der Waals surface area contributed by atoms with Crippen molar-refractivity contribution in [3.8, 4) is 5.75 Å². The Bertz CT molecular complexity index is 260. The van der Waals surface area contributed by atoms with Gasteiger partial charge in [-0.1, -0.05) is 0 Å². The van der Waals surface area contributed by atoms with Crippen molar-refractivity contribution in [3.63, 3.8) is 0 Å². The molecule has 52 valence electrons. The maximum atomic E-state index is 12.5. The highest BCUT2D eigenvalue weighted by Crippen LogP contribution is 2.12. The Morgan fingerprint density at radius 3 is 2.70 bits per heavy atom. The maximum Gasteiger partial charge on any atom is 0.135 e. The first-order valence-corrected chi connectivity index (χ1v) is 2.73. The first kappa shape index (κ1) is 6.74. The largest absolute Gasteiger partial charge is 0.508 e. The van der Waals surface area contributed by atoms with Crippen molar-refractivity contribution in [1.29, 1.82) is 5.41 Å². The fourth-order valence-electron chi connectivity index (χ4n) is 0.633. The van der Waals surface area contributed by atoms with Gasteiger partial charge >= 0.3 is 0 Å². The molecule has 1 aromatic carbocycles. The monoisotopic (exact) mass is 139 g/mol. The van der Waals surface area contributed by atoms with E-state index in [1.807, 2.05) is 0 Å². The van der Waals surface area contributed by atoms with Crippen LogP contribution in [-0.4, -0.2) is 11.3 Å². The molecular formula is C7H6FNO. The molecule has 0 saturated heterocycles. The van der Waals surface area contributed by atoms with Crippen LogP contribution in [0.1, 0.15) is 5.56 Å². The third kappa shape index (κ3) is 1.13. The molecule has 0 amide bonds. The predicted molar refractivity (Wildman–Crippen MR) is 36.0 cm³/mol. The van der Waals surface area contributed by atoms with E-state index in [9.17, 15) is 4.39 Å².